The summed E-state index contributed by atoms with van der Waals surface area (Å²) in [7, 11) is 1.59. The van der Waals surface area contributed by atoms with E-state index >= 15 is 0 Å². The first kappa shape index (κ1) is 17.3. The van der Waals surface area contributed by atoms with E-state index in [2.05, 4.69) is 10.6 Å². The average Bonchev–Trinajstić information content (AvgIpc) is 3.36. The van der Waals surface area contributed by atoms with Crippen molar-refractivity contribution in [1.82, 2.24) is 10.6 Å². The molecule has 0 saturated heterocycles. The fourth-order valence-corrected chi connectivity index (χ4v) is 2.51. The van der Waals surface area contributed by atoms with Crippen LogP contribution in [-0.4, -0.2) is 31.5 Å². The molecule has 0 spiro atoms. The lowest BCUT2D eigenvalue weighted by Gasteiger charge is -2.19. The van der Waals surface area contributed by atoms with Gasteiger partial charge in [0.2, 0.25) is 11.8 Å². The summed E-state index contributed by atoms with van der Waals surface area (Å²) in [6, 6.07) is 6.98. The molecule has 0 radical (unpaired) electrons. The van der Waals surface area contributed by atoms with Gasteiger partial charge in [0.25, 0.3) is 0 Å². The third-order valence-electron chi connectivity index (χ3n) is 4.05. The molecular formula is C17H25N3O3. The first-order valence-corrected chi connectivity index (χ1v) is 7.93. The third kappa shape index (κ3) is 5.56. The number of hydrogen-bond acceptors (Lipinski definition) is 4. The number of rotatable bonds is 8. The summed E-state index contributed by atoms with van der Waals surface area (Å²) in [6.45, 7) is 1.93. The van der Waals surface area contributed by atoms with Gasteiger partial charge < -0.3 is 21.1 Å². The van der Waals surface area contributed by atoms with Crippen LogP contribution in [0, 0.1) is 5.92 Å². The van der Waals surface area contributed by atoms with Crippen molar-refractivity contribution >= 4 is 11.8 Å². The molecule has 1 aromatic rings. The molecule has 1 aliphatic rings. The monoisotopic (exact) mass is 319 g/mol. The van der Waals surface area contributed by atoms with Gasteiger partial charge in [-0.2, -0.15) is 0 Å². The third-order valence-corrected chi connectivity index (χ3v) is 4.05. The number of methoxy groups -OCH3 is 1. The number of nitrogens with two attached hydrogens (primary N) is 1. The van der Waals surface area contributed by atoms with Crippen LogP contribution in [0.25, 0.3) is 0 Å². The van der Waals surface area contributed by atoms with Crippen molar-refractivity contribution in [2.75, 3.05) is 13.7 Å². The van der Waals surface area contributed by atoms with E-state index in [-0.39, 0.29) is 30.3 Å². The van der Waals surface area contributed by atoms with E-state index in [1.54, 1.807) is 7.11 Å². The predicted molar refractivity (Wildman–Crippen MR) is 87.9 cm³/mol. The van der Waals surface area contributed by atoms with Gasteiger partial charge in [-0.15, -0.1) is 0 Å². The Morgan fingerprint density at radius 3 is 2.48 bits per heavy atom. The maximum Gasteiger partial charge on any atom is 0.222 e. The number of amides is 2. The van der Waals surface area contributed by atoms with Gasteiger partial charge in [-0.1, -0.05) is 12.1 Å². The second kappa shape index (κ2) is 7.97. The molecular weight excluding hydrogens is 294 g/mol. The van der Waals surface area contributed by atoms with Gasteiger partial charge in [-0.3, -0.25) is 9.59 Å². The van der Waals surface area contributed by atoms with Crippen LogP contribution in [0.2, 0.25) is 0 Å². The van der Waals surface area contributed by atoms with Crippen molar-refractivity contribution in [3.63, 3.8) is 0 Å². The molecule has 2 atom stereocenters. The van der Waals surface area contributed by atoms with Gasteiger partial charge in [0.1, 0.15) is 5.75 Å². The van der Waals surface area contributed by atoms with Gasteiger partial charge in [0.15, 0.2) is 0 Å². The van der Waals surface area contributed by atoms with E-state index in [0.29, 0.717) is 12.5 Å². The minimum Gasteiger partial charge on any atom is -0.497 e. The van der Waals surface area contributed by atoms with Gasteiger partial charge in [0, 0.05) is 19.5 Å². The maximum absolute atomic E-state index is 12.1. The number of hydrogen-bond donors (Lipinski definition) is 3. The normalized spacial score (nSPS) is 16.3. The Kier molecular flexibility index (Phi) is 5.98. The van der Waals surface area contributed by atoms with E-state index in [1.165, 1.54) is 6.92 Å². The van der Waals surface area contributed by atoms with Crippen LogP contribution < -0.4 is 21.1 Å². The van der Waals surface area contributed by atoms with Crippen LogP contribution in [0.15, 0.2) is 24.3 Å². The number of ether oxygens (including phenoxy) is 1. The Morgan fingerprint density at radius 2 is 1.96 bits per heavy atom. The highest BCUT2D eigenvalue weighted by Crippen LogP contribution is 2.31. The van der Waals surface area contributed by atoms with Gasteiger partial charge in [-0.25, -0.2) is 0 Å². The smallest absolute Gasteiger partial charge is 0.222 e. The number of carbonyl (C=O) groups excluding carboxylic acids is 2. The fraction of sp³-hybridized carbons (Fsp3) is 0.529. The van der Waals surface area contributed by atoms with E-state index in [1.807, 2.05) is 24.3 Å². The van der Waals surface area contributed by atoms with Crippen molar-refractivity contribution in [2.24, 2.45) is 11.7 Å². The molecule has 0 aromatic heterocycles. The fourth-order valence-electron chi connectivity index (χ4n) is 2.51. The molecule has 0 bridgehead atoms. The highest BCUT2D eigenvalue weighted by atomic mass is 16.5. The molecule has 126 valence electrons. The molecule has 0 heterocycles. The van der Waals surface area contributed by atoms with E-state index in [0.717, 1.165) is 24.2 Å². The number of nitrogens with one attached hydrogen (secondary N) is 2. The molecule has 23 heavy (non-hydrogen) atoms. The van der Waals surface area contributed by atoms with Crippen LogP contribution in [-0.2, 0) is 9.59 Å². The Morgan fingerprint density at radius 1 is 1.30 bits per heavy atom. The minimum atomic E-state index is -0.365. The molecule has 6 heteroatoms. The summed E-state index contributed by atoms with van der Waals surface area (Å²) < 4.78 is 5.12. The largest absolute Gasteiger partial charge is 0.497 e. The van der Waals surface area contributed by atoms with Crippen molar-refractivity contribution in [2.45, 2.75) is 38.3 Å². The molecule has 2 amide bonds. The Bertz CT molecular complexity index is 541. The Hall–Kier alpha value is -2.08. The van der Waals surface area contributed by atoms with Gasteiger partial charge >= 0.3 is 0 Å². The first-order chi connectivity index (χ1) is 11.0. The summed E-state index contributed by atoms with van der Waals surface area (Å²) in [6.07, 6.45) is 2.48. The van der Waals surface area contributed by atoms with Gasteiger partial charge in [-0.05, 0) is 36.5 Å². The summed E-state index contributed by atoms with van der Waals surface area (Å²) >= 11 is 0. The van der Waals surface area contributed by atoms with Crippen molar-refractivity contribution in [1.29, 1.82) is 0 Å². The van der Waals surface area contributed by atoms with Crippen LogP contribution in [0.4, 0.5) is 0 Å². The summed E-state index contributed by atoms with van der Waals surface area (Å²) in [4.78, 5) is 23.5. The molecule has 2 unspecified atom stereocenters. The first-order valence-electron chi connectivity index (χ1n) is 7.93. The minimum absolute atomic E-state index is 0.0270. The zero-order valence-corrected chi connectivity index (χ0v) is 13.7. The lowest BCUT2D eigenvalue weighted by molar-refractivity contribution is -0.122. The van der Waals surface area contributed by atoms with E-state index < -0.39 is 0 Å². The molecule has 1 fully saturated rings. The van der Waals surface area contributed by atoms with E-state index in [9.17, 15) is 9.59 Å². The topological polar surface area (TPSA) is 93.4 Å². The zero-order valence-electron chi connectivity index (χ0n) is 13.7. The van der Waals surface area contributed by atoms with E-state index in [4.69, 9.17) is 10.5 Å². The number of carbonyl (C=O) groups is 2. The molecule has 1 aromatic carbocycles. The second-order valence-corrected chi connectivity index (χ2v) is 6.04. The van der Waals surface area contributed by atoms with Crippen molar-refractivity contribution in [3.8, 4) is 5.75 Å². The van der Waals surface area contributed by atoms with Crippen molar-refractivity contribution in [3.05, 3.63) is 29.8 Å². The highest BCUT2D eigenvalue weighted by Gasteiger charge is 2.28. The maximum atomic E-state index is 12.1. The molecule has 1 saturated carbocycles. The van der Waals surface area contributed by atoms with Gasteiger partial charge in [0.05, 0.1) is 19.6 Å². The van der Waals surface area contributed by atoms with Crippen LogP contribution in [0.5, 0.6) is 5.75 Å². The molecule has 0 aliphatic heterocycles. The molecule has 2 rings (SSSR count). The highest BCUT2D eigenvalue weighted by molar-refractivity contribution is 5.79. The Labute approximate surface area is 136 Å². The lowest BCUT2D eigenvalue weighted by Crippen LogP contribution is -2.40. The second-order valence-electron chi connectivity index (χ2n) is 6.04. The standard InChI is InChI=1S/C17H25N3O3/c1-11(21)20-16(13-5-7-14(23-2)8-6-13)9-17(22)19-10-15(18)12-3-4-12/h5-8,12,15-16H,3-4,9-10,18H2,1-2H3,(H,19,22)(H,20,21). The average molecular weight is 319 g/mol. The predicted octanol–water partition coefficient (Wildman–Crippen LogP) is 1.12. The van der Waals surface area contributed by atoms with Crippen LogP contribution in [0.1, 0.15) is 37.8 Å². The van der Waals surface area contributed by atoms with Crippen LogP contribution >= 0.6 is 0 Å². The molecule has 6 nitrogen and oxygen atoms in total. The zero-order chi connectivity index (χ0) is 16.8. The quantitative estimate of drug-likeness (QED) is 0.669. The van der Waals surface area contributed by atoms with Crippen LogP contribution in [0.3, 0.4) is 0 Å². The number of benzene rings is 1. The van der Waals surface area contributed by atoms with Crippen molar-refractivity contribution < 1.29 is 14.3 Å². The summed E-state index contributed by atoms with van der Waals surface area (Å²) in [5.74, 6) is 0.988. The summed E-state index contributed by atoms with van der Waals surface area (Å²) in [5.41, 5.74) is 6.85. The summed E-state index contributed by atoms with van der Waals surface area (Å²) in [5, 5.41) is 5.68. The lowest BCUT2D eigenvalue weighted by atomic mass is 10.0. The molecule has 1 aliphatic carbocycles. The Balaban J connectivity index is 1.93. The molecule has 4 N–H and O–H groups in total. The SMILES string of the molecule is COc1ccc(C(CC(=O)NCC(N)C2CC2)NC(C)=O)cc1.